The Balaban J connectivity index is 0.00000288. The molecule has 2 unspecified atom stereocenters. The molecular weight excluding hydrogens is 326 g/mol. The predicted octanol–water partition coefficient (Wildman–Crippen LogP) is 2.89. The Morgan fingerprint density at radius 3 is 2.54 bits per heavy atom. The number of benzene rings is 1. The van der Waals surface area contributed by atoms with Gasteiger partial charge in [-0.15, -0.1) is 12.4 Å². The molecule has 2 rings (SSSR count). The minimum Gasteiger partial charge on any atom is -0.497 e. The quantitative estimate of drug-likeness (QED) is 0.852. The molecule has 0 aromatic heterocycles. The molecule has 1 aromatic carbocycles. The van der Waals surface area contributed by atoms with Gasteiger partial charge >= 0.3 is 0 Å². The Kier molecular flexibility index (Phi) is 7.52. The van der Waals surface area contributed by atoms with E-state index in [9.17, 15) is 4.79 Å². The van der Waals surface area contributed by atoms with Crippen molar-refractivity contribution in [2.24, 2.45) is 11.1 Å². The van der Waals surface area contributed by atoms with Crippen LogP contribution in [-0.4, -0.2) is 43.1 Å². The molecule has 1 aromatic rings. The van der Waals surface area contributed by atoms with Crippen molar-refractivity contribution in [3.05, 3.63) is 24.3 Å². The second kappa shape index (κ2) is 8.70. The van der Waals surface area contributed by atoms with Gasteiger partial charge in [0.05, 0.1) is 13.2 Å². The van der Waals surface area contributed by atoms with E-state index in [1.807, 2.05) is 24.3 Å². The average molecular weight is 356 g/mol. The molecule has 24 heavy (non-hydrogen) atoms. The first-order valence-corrected chi connectivity index (χ1v) is 8.32. The summed E-state index contributed by atoms with van der Waals surface area (Å²) in [5.74, 6) is 0.825. The van der Waals surface area contributed by atoms with E-state index in [1.54, 1.807) is 7.11 Å². The number of nitrogens with zero attached hydrogens (tertiary/aromatic N) is 1. The summed E-state index contributed by atoms with van der Waals surface area (Å²) >= 11 is 0. The van der Waals surface area contributed by atoms with E-state index in [1.165, 1.54) is 0 Å². The Hall–Kier alpha value is -1.30. The lowest BCUT2D eigenvalue weighted by molar-refractivity contribution is -0.122. The number of nitrogens with one attached hydrogen (secondary N) is 1. The fourth-order valence-corrected chi connectivity index (χ4v) is 3.19. The number of carbonyl (C=O) groups excluding carboxylic acids is 1. The first kappa shape index (κ1) is 20.7. The summed E-state index contributed by atoms with van der Waals surface area (Å²) in [5.41, 5.74) is 7.03. The van der Waals surface area contributed by atoms with E-state index in [0.717, 1.165) is 37.4 Å². The van der Waals surface area contributed by atoms with Gasteiger partial charge in [0.25, 0.3) is 0 Å². The summed E-state index contributed by atoms with van der Waals surface area (Å²) in [6.45, 7) is 8.14. The zero-order valence-corrected chi connectivity index (χ0v) is 15.9. The van der Waals surface area contributed by atoms with E-state index in [4.69, 9.17) is 10.5 Å². The van der Waals surface area contributed by atoms with Gasteiger partial charge in [-0.25, -0.2) is 0 Å². The molecule has 0 radical (unpaired) electrons. The molecule has 2 atom stereocenters. The van der Waals surface area contributed by atoms with E-state index < -0.39 is 0 Å². The summed E-state index contributed by atoms with van der Waals surface area (Å²) < 4.78 is 5.14. The third kappa shape index (κ3) is 4.85. The number of likely N-dealkylation sites (tertiary alicyclic amines) is 1. The van der Waals surface area contributed by atoms with Crippen LogP contribution in [0, 0.1) is 5.41 Å². The third-order valence-electron chi connectivity index (χ3n) is 4.83. The first-order chi connectivity index (χ1) is 10.9. The summed E-state index contributed by atoms with van der Waals surface area (Å²) in [6.07, 6.45) is 1.71. The summed E-state index contributed by atoms with van der Waals surface area (Å²) in [4.78, 5) is 14.9. The van der Waals surface area contributed by atoms with Crippen molar-refractivity contribution >= 4 is 24.0 Å². The maximum atomic E-state index is 12.7. The van der Waals surface area contributed by atoms with Crippen LogP contribution in [0.5, 0.6) is 5.75 Å². The Morgan fingerprint density at radius 2 is 2.04 bits per heavy atom. The minimum atomic E-state index is -0.121. The van der Waals surface area contributed by atoms with Crippen LogP contribution in [0.15, 0.2) is 24.3 Å². The van der Waals surface area contributed by atoms with Crippen molar-refractivity contribution in [3.63, 3.8) is 0 Å². The Morgan fingerprint density at radius 1 is 1.42 bits per heavy atom. The number of nitrogens with two attached hydrogens (primary N) is 1. The molecule has 5 nitrogen and oxygen atoms in total. The number of ether oxygens (including phenoxy) is 1. The standard InChI is InChI=1S/C18H29N3O2.ClH/c1-5-15(21-11-10-16(19)18(2,3)12-21)17(22)20-13-6-8-14(23-4)9-7-13;/h6-9,15-16H,5,10-12,19H2,1-4H3,(H,20,22);1H. The zero-order valence-electron chi connectivity index (χ0n) is 15.0. The number of anilines is 1. The second-order valence-electron chi connectivity index (χ2n) is 7.00. The highest BCUT2D eigenvalue weighted by Crippen LogP contribution is 2.29. The molecule has 1 heterocycles. The van der Waals surface area contributed by atoms with Crippen LogP contribution in [0.1, 0.15) is 33.6 Å². The molecule has 1 fully saturated rings. The van der Waals surface area contributed by atoms with Gasteiger partial charge < -0.3 is 15.8 Å². The SMILES string of the molecule is CCC(C(=O)Nc1ccc(OC)cc1)N1CCC(N)C(C)(C)C1.Cl. The fourth-order valence-electron chi connectivity index (χ4n) is 3.19. The number of hydrogen-bond donors (Lipinski definition) is 2. The van der Waals surface area contributed by atoms with Crippen molar-refractivity contribution in [1.29, 1.82) is 0 Å². The van der Waals surface area contributed by atoms with E-state index >= 15 is 0 Å². The van der Waals surface area contributed by atoms with Crippen LogP contribution in [0.2, 0.25) is 0 Å². The number of hydrogen-bond acceptors (Lipinski definition) is 4. The van der Waals surface area contributed by atoms with Crippen molar-refractivity contribution in [2.45, 2.75) is 45.7 Å². The molecule has 0 bridgehead atoms. The lowest BCUT2D eigenvalue weighted by atomic mass is 9.79. The number of amides is 1. The summed E-state index contributed by atoms with van der Waals surface area (Å²) in [7, 11) is 1.63. The van der Waals surface area contributed by atoms with Gasteiger partial charge in [-0.1, -0.05) is 20.8 Å². The molecule has 1 saturated heterocycles. The Bertz CT molecular complexity index is 534. The number of piperidine rings is 1. The van der Waals surface area contributed by atoms with Crippen LogP contribution in [0.3, 0.4) is 0 Å². The maximum absolute atomic E-state index is 12.7. The van der Waals surface area contributed by atoms with Crippen molar-refractivity contribution in [2.75, 3.05) is 25.5 Å². The van der Waals surface area contributed by atoms with Crippen LogP contribution in [-0.2, 0) is 4.79 Å². The van der Waals surface area contributed by atoms with Gasteiger partial charge in [0.2, 0.25) is 5.91 Å². The third-order valence-corrected chi connectivity index (χ3v) is 4.83. The van der Waals surface area contributed by atoms with E-state index in [-0.39, 0.29) is 35.8 Å². The van der Waals surface area contributed by atoms with Gasteiger partial charge in [-0.2, -0.15) is 0 Å². The molecule has 1 aliphatic rings. The monoisotopic (exact) mass is 355 g/mol. The van der Waals surface area contributed by atoms with Gasteiger partial charge in [-0.05, 0) is 42.5 Å². The lowest BCUT2D eigenvalue weighted by Gasteiger charge is -2.45. The number of methoxy groups -OCH3 is 1. The molecule has 1 aliphatic heterocycles. The van der Waals surface area contributed by atoms with Gasteiger partial charge in [0.15, 0.2) is 0 Å². The molecule has 0 spiro atoms. The number of rotatable bonds is 5. The highest BCUT2D eigenvalue weighted by molar-refractivity contribution is 5.94. The van der Waals surface area contributed by atoms with Crippen LogP contribution in [0.4, 0.5) is 5.69 Å². The molecule has 1 amide bonds. The molecule has 6 heteroatoms. The van der Waals surface area contributed by atoms with Crippen molar-refractivity contribution < 1.29 is 9.53 Å². The average Bonchev–Trinajstić information content (AvgIpc) is 2.52. The Labute approximate surface area is 151 Å². The second-order valence-corrected chi connectivity index (χ2v) is 7.00. The van der Waals surface area contributed by atoms with E-state index in [0.29, 0.717) is 0 Å². The van der Waals surface area contributed by atoms with Gasteiger partial charge in [0.1, 0.15) is 5.75 Å². The largest absolute Gasteiger partial charge is 0.497 e. The maximum Gasteiger partial charge on any atom is 0.241 e. The van der Waals surface area contributed by atoms with Crippen LogP contribution < -0.4 is 15.8 Å². The predicted molar refractivity (Wildman–Crippen MR) is 101 cm³/mol. The minimum absolute atomic E-state index is 0. The lowest BCUT2D eigenvalue weighted by Crippen LogP contribution is -2.57. The molecule has 136 valence electrons. The van der Waals surface area contributed by atoms with Crippen molar-refractivity contribution in [1.82, 2.24) is 4.90 Å². The molecule has 0 saturated carbocycles. The van der Waals surface area contributed by atoms with Crippen LogP contribution >= 0.6 is 12.4 Å². The summed E-state index contributed by atoms with van der Waals surface area (Å²) in [5, 5.41) is 3.01. The van der Waals surface area contributed by atoms with E-state index in [2.05, 4.69) is 31.0 Å². The van der Waals surface area contributed by atoms with Crippen molar-refractivity contribution in [3.8, 4) is 5.75 Å². The molecule has 3 N–H and O–H groups in total. The smallest absolute Gasteiger partial charge is 0.241 e. The van der Waals surface area contributed by atoms with Gasteiger partial charge in [-0.3, -0.25) is 9.69 Å². The first-order valence-electron chi connectivity index (χ1n) is 8.32. The normalized spacial score (nSPS) is 21.5. The number of carbonyl (C=O) groups is 1. The van der Waals surface area contributed by atoms with Gasteiger partial charge in [0, 0.05) is 24.8 Å². The summed E-state index contributed by atoms with van der Waals surface area (Å²) in [6, 6.07) is 7.49. The van der Waals surface area contributed by atoms with Crippen LogP contribution in [0.25, 0.3) is 0 Å². The topological polar surface area (TPSA) is 67.6 Å². The molecular formula is C18H30ClN3O2. The number of halogens is 1. The highest BCUT2D eigenvalue weighted by atomic mass is 35.5. The fraction of sp³-hybridized carbons (Fsp3) is 0.611. The highest BCUT2D eigenvalue weighted by Gasteiger charge is 2.37. The molecule has 0 aliphatic carbocycles. The zero-order chi connectivity index (χ0) is 17.0.